The minimum absolute atomic E-state index is 0.944. The molecular formula is C12H16BrN3. The smallest absolute Gasteiger partial charge is 0.108 e. The zero-order chi connectivity index (χ0) is 11.5. The number of aryl methyl sites for hydroxylation is 1. The summed E-state index contributed by atoms with van der Waals surface area (Å²) in [5, 5.41) is 3.30. The Morgan fingerprint density at radius 2 is 2.25 bits per heavy atom. The van der Waals surface area contributed by atoms with Crippen molar-refractivity contribution in [3.8, 4) is 0 Å². The first-order chi connectivity index (χ1) is 7.70. The number of rotatable bonds is 4. The van der Waals surface area contributed by atoms with Crippen molar-refractivity contribution in [1.29, 1.82) is 0 Å². The summed E-state index contributed by atoms with van der Waals surface area (Å²) in [7, 11) is 0. The number of H-pyrrole nitrogens is 1. The lowest BCUT2D eigenvalue weighted by molar-refractivity contribution is 0.702. The summed E-state index contributed by atoms with van der Waals surface area (Å²) in [6, 6.07) is 4.17. The molecule has 0 spiro atoms. The van der Waals surface area contributed by atoms with E-state index in [1.54, 1.807) is 0 Å². The number of nitrogens with zero attached hydrogens (tertiary/aromatic N) is 1. The van der Waals surface area contributed by atoms with E-state index in [9.17, 15) is 0 Å². The van der Waals surface area contributed by atoms with Crippen LogP contribution in [0.5, 0.6) is 0 Å². The Kier molecular flexibility index (Phi) is 3.61. The normalized spacial score (nSPS) is 11.2. The monoisotopic (exact) mass is 281 g/mol. The van der Waals surface area contributed by atoms with E-state index in [-0.39, 0.29) is 0 Å². The topological polar surface area (TPSA) is 40.7 Å². The van der Waals surface area contributed by atoms with Crippen molar-refractivity contribution in [2.24, 2.45) is 0 Å². The molecular weight excluding hydrogens is 266 g/mol. The predicted octanol–water partition coefficient (Wildman–Crippen LogP) is 2.79. The lowest BCUT2D eigenvalue weighted by Gasteiger charge is -1.96. The highest BCUT2D eigenvalue weighted by molar-refractivity contribution is 9.10. The Hall–Kier alpha value is -0.870. The zero-order valence-corrected chi connectivity index (χ0v) is 11.2. The molecule has 4 heteroatoms. The molecule has 2 aromatic rings. The minimum Gasteiger partial charge on any atom is -0.342 e. The van der Waals surface area contributed by atoms with Crippen molar-refractivity contribution in [2.75, 3.05) is 13.1 Å². The van der Waals surface area contributed by atoms with Gasteiger partial charge in [-0.2, -0.15) is 0 Å². The van der Waals surface area contributed by atoms with Crippen LogP contribution in [-0.4, -0.2) is 23.1 Å². The number of nitrogens with one attached hydrogen (secondary N) is 2. The van der Waals surface area contributed by atoms with E-state index in [0.29, 0.717) is 0 Å². The van der Waals surface area contributed by atoms with Gasteiger partial charge in [0.1, 0.15) is 5.82 Å². The van der Waals surface area contributed by atoms with Gasteiger partial charge >= 0.3 is 0 Å². The standard InChI is InChI=1S/C12H16BrN3/c1-3-14-5-4-11-15-10-7-9(13)6-8(2)12(10)16-11/h6-7,14H,3-5H2,1-2H3,(H,15,16). The number of halogens is 1. The molecule has 86 valence electrons. The summed E-state index contributed by atoms with van der Waals surface area (Å²) in [4.78, 5) is 7.96. The van der Waals surface area contributed by atoms with Crippen LogP contribution in [0, 0.1) is 6.92 Å². The van der Waals surface area contributed by atoms with Gasteiger partial charge in [0.25, 0.3) is 0 Å². The van der Waals surface area contributed by atoms with Gasteiger partial charge in [0, 0.05) is 17.4 Å². The fourth-order valence-electron chi connectivity index (χ4n) is 1.80. The highest BCUT2D eigenvalue weighted by atomic mass is 79.9. The van der Waals surface area contributed by atoms with Crippen LogP contribution in [-0.2, 0) is 6.42 Å². The number of benzene rings is 1. The summed E-state index contributed by atoms with van der Waals surface area (Å²) in [6.07, 6.45) is 0.944. The molecule has 0 aliphatic rings. The first kappa shape index (κ1) is 11.6. The van der Waals surface area contributed by atoms with E-state index in [2.05, 4.69) is 57.2 Å². The van der Waals surface area contributed by atoms with E-state index < -0.39 is 0 Å². The van der Waals surface area contributed by atoms with Crippen LogP contribution in [0.25, 0.3) is 11.0 Å². The Morgan fingerprint density at radius 1 is 1.44 bits per heavy atom. The van der Waals surface area contributed by atoms with E-state index in [1.165, 1.54) is 5.56 Å². The highest BCUT2D eigenvalue weighted by Gasteiger charge is 2.05. The fraction of sp³-hybridized carbons (Fsp3) is 0.417. The molecule has 0 bridgehead atoms. The average Bonchev–Trinajstić information content (AvgIpc) is 2.61. The zero-order valence-electron chi connectivity index (χ0n) is 9.60. The van der Waals surface area contributed by atoms with Crippen LogP contribution in [0.2, 0.25) is 0 Å². The van der Waals surface area contributed by atoms with E-state index in [0.717, 1.165) is 40.8 Å². The van der Waals surface area contributed by atoms with Gasteiger partial charge in [-0.05, 0) is 31.2 Å². The summed E-state index contributed by atoms with van der Waals surface area (Å²) in [5.41, 5.74) is 3.39. The molecule has 1 heterocycles. The summed E-state index contributed by atoms with van der Waals surface area (Å²) < 4.78 is 1.10. The Labute approximate surface area is 104 Å². The van der Waals surface area contributed by atoms with Crippen molar-refractivity contribution in [1.82, 2.24) is 15.3 Å². The quantitative estimate of drug-likeness (QED) is 0.847. The number of hydrogen-bond donors (Lipinski definition) is 2. The largest absolute Gasteiger partial charge is 0.342 e. The van der Waals surface area contributed by atoms with Crippen molar-refractivity contribution in [3.63, 3.8) is 0 Å². The van der Waals surface area contributed by atoms with Crippen LogP contribution in [0.1, 0.15) is 18.3 Å². The van der Waals surface area contributed by atoms with Gasteiger partial charge in [0.15, 0.2) is 0 Å². The predicted molar refractivity (Wildman–Crippen MR) is 70.8 cm³/mol. The van der Waals surface area contributed by atoms with Crippen molar-refractivity contribution >= 4 is 27.0 Å². The maximum atomic E-state index is 4.61. The molecule has 0 fully saturated rings. The molecule has 2 rings (SSSR count). The molecule has 2 N–H and O–H groups in total. The maximum Gasteiger partial charge on any atom is 0.108 e. The van der Waals surface area contributed by atoms with E-state index in [1.807, 2.05) is 0 Å². The number of hydrogen-bond acceptors (Lipinski definition) is 2. The number of likely N-dealkylation sites (N-methyl/N-ethyl adjacent to an activating group) is 1. The minimum atomic E-state index is 0.944. The molecule has 0 unspecified atom stereocenters. The second-order valence-electron chi connectivity index (χ2n) is 3.91. The number of aromatic nitrogens is 2. The molecule has 0 aliphatic heterocycles. The molecule has 0 amide bonds. The number of imidazole rings is 1. The van der Waals surface area contributed by atoms with Crippen molar-refractivity contribution < 1.29 is 0 Å². The van der Waals surface area contributed by atoms with Crippen molar-refractivity contribution in [3.05, 3.63) is 28.0 Å². The third kappa shape index (κ3) is 2.44. The van der Waals surface area contributed by atoms with Gasteiger partial charge in [-0.15, -0.1) is 0 Å². The molecule has 1 aromatic heterocycles. The molecule has 0 saturated carbocycles. The van der Waals surface area contributed by atoms with E-state index in [4.69, 9.17) is 0 Å². The van der Waals surface area contributed by atoms with Crippen LogP contribution in [0.3, 0.4) is 0 Å². The Balaban J connectivity index is 2.26. The number of aromatic amines is 1. The van der Waals surface area contributed by atoms with Gasteiger partial charge in [0.05, 0.1) is 11.0 Å². The second-order valence-corrected chi connectivity index (χ2v) is 4.82. The second kappa shape index (κ2) is 4.97. The summed E-state index contributed by atoms with van der Waals surface area (Å²) in [5.74, 6) is 1.05. The molecule has 0 atom stereocenters. The summed E-state index contributed by atoms with van der Waals surface area (Å²) >= 11 is 3.50. The molecule has 1 aromatic carbocycles. The molecule has 0 saturated heterocycles. The maximum absolute atomic E-state index is 4.61. The van der Waals surface area contributed by atoms with Crippen LogP contribution in [0.15, 0.2) is 16.6 Å². The SMILES string of the molecule is CCNCCc1nc2c(C)cc(Br)cc2[nH]1. The van der Waals surface area contributed by atoms with Gasteiger partial charge < -0.3 is 10.3 Å². The average molecular weight is 282 g/mol. The first-order valence-corrected chi connectivity index (χ1v) is 6.35. The van der Waals surface area contributed by atoms with Gasteiger partial charge in [-0.25, -0.2) is 4.98 Å². The Bertz CT molecular complexity index is 490. The van der Waals surface area contributed by atoms with Gasteiger partial charge in [-0.3, -0.25) is 0 Å². The number of fused-ring (bicyclic) bond motifs is 1. The molecule has 16 heavy (non-hydrogen) atoms. The molecule has 0 radical (unpaired) electrons. The van der Waals surface area contributed by atoms with Gasteiger partial charge in [0.2, 0.25) is 0 Å². The summed E-state index contributed by atoms with van der Waals surface area (Å²) in [6.45, 7) is 6.17. The van der Waals surface area contributed by atoms with E-state index >= 15 is 0 Å². The van der Waals surface area contributed by atoms with Crippen LogP contribution in [0.4, 0.5) is 0 Å². The first-order valence-electron chi connectivity index (χ1n) is 5.56. The molecule has 3 nitrogen and oxygen atoms in total. The van der Waals surface area contributed by atoms with Crippen molar-refractivity contribution in [2.45, 2.75) is 20.3 Å². The van der Waals surface area contributed by atoms with Gasteiger partial charge in [-0.1, -0.05) is 22.9 Å². The lowest BCUT2D eigenvalue weighted by atomic mass is 10.2. The fourth-order valence-corrected chi connectivity index (χ4v) is 2.37. The van der Waals surface area contributed by atoms with Crippen LogP contribution >= 0.6 is 15.9 Å². The lowest BCUT2D eigenvalue weighted by Crippen LogP contribution is -2.16. The molecule has 0 aliphatic carbocycles. The third-order valence-electron chi connectivity index (χ3n) is 2.58. The highest BCUT2D eigenvalue weighted by Crippen LogP contribution is 2.21. The third-order valence-corrected chi connectivity index (χ3v) is 3.04. The van der Waals surface area contributed by atoms with Crippen LogP contribution < -0.4 is 5.32 Å². The Morgan fingerprint density at radius 3 is 3.00 bits per heavy atom.